The molecular formula is C60H74Cl2Sn2. The van der Waals surface area contributed by atoms with Gasteiger partial charge in [-0.05, 0) is 0 Å². The Morgan fingerprint density at radius 3 is 0.516 bits per heavy atom. The molecule has 0 amide bonds. The SMILES string of the molecule is CC(C)c1cccc(C(C)C)c1-c1cccc(-c2c(C(C)C)cccc2C(C)C)[c]1[Sn][Cl].CC(C)c1cccc(C(C)C)c1-c1cccc(-c2c(C(C)C)cccc2C(C)C)[c]1[Sn][Cl]. The zero-order valence-electron chi connectivity index (χ0n) is 41.8. The van der Waals surface area contributed by atoms with Gasteiger partial charge >= 0.3 is 421 Å². The number of halogens is 2. The van der Waals surface area contributed by atoms with E-state index in [0.717, 1.165) is 0 Å². The third-order valence-electron chi connectivity index (χ3n) is 12.9. The average molecular weight is 1100 g/mol. The summed E-state index contributed by atoms with van der Waals surface area (Å²) >= 11 is -2.54. The first kappa shape index (κ1) is 52.5. The zero-order chi connectivity index (χ0) is 47.2. The van der Waals surface area contributed by atoms with Crippen molar-refractivity contribution >= 4 is 65.0 Å². The van der Waals surface area contributed by atoms with Crippen molar-refractivity contribution in [3.8, 4) is 44.5 Å². The monoisotopic (exact) mass is 1100 g/mol. The Kier molecular flexibility index (Phi) is 19.3. The Bertz CT molecular complexity index is 2060. The molecule has 0 fully saturated rings. The fourth-order valence-corrected chi connectivity index (χ4v) is 15.9. The summed E-state index contributed by atoms with van der Waals surface area (Å²) in [5.41, 5.74) is 22.6. The van der Waals surface area contributed by atoms with Gasteiger partial charge in [-0.15, -0.1) is 0 Å². The second kappa shape index (κ2) is 23.5. The Hall–Kier alpha value is -2.50. The van der Waals surface area contributed by atoms with Gasteiger partial charge in [-0.25, -0.2) is 0 Å². The molecule has 0 N–H and O–H groups in total. The Morgan fingerprint density at radius 1 is 0.250 bits per heavy atom. The topological polar surface area (TPSA) is 0 Å². The van der Waals surface area contributed by atoms with E-state index in [-0.39, 0.29) is 0 Å². The Morgan fingerprint density at radius 2 is 0.391 bits per heavy atom. The molecular weight excluding hydrogens is 1030 g/mol. The van der Waals surface area contributed by atoms with E-state index >= 15 is 0 Å². The van der Waals surface area contributed by atoms with Gasteiger partial charge in [0.1, 0.15) is 0 Å². The summed E-state index contributed by atoms with van der Waals surface area (Å²) in [6, 6.07) is 41.2. The van der Waals surface area contributed by atoms with Crippen LogP contribution in [0.5, 0.6) is 0 Å². The van der Waals surface area contributed by atoms with Crippen LogP contribution < -0.4 is 7.16 Å². The molecule has 4 radical (unpaired) electrons. The number of rotatable bonds is 14. The third-order valence-corrected chi connectivity index (χ3v) is 19.6. The summed E-state index contributed by atoms with van der Waals surface area (Å²) in [5.74, 6) is 3.74. The molecule has 0 aliphatic rings. The van der Waals surface area contributed by atoms with Gasteiger partial charge in [-0.2, -0.15) is 0 Å². The maximum absolute atomic E-state index is 6.93. The van der Waals surface area contributed by atoms with E-state index in [1.807, 2.05) is 0 Å². The molecule has 0 heterocycles. The van der Waals surface area contributed by atoms with Gasteiger partial charge in [-0.3, -0.25) is 0 Å². The Balaban J connectivity index is 0.000000241. The van der Waals surface area contributed by atoms with Crippen molar-refractivity contribution in [1.82, 2.24) is 0 Å². The van der Waals surface area contributed by atoms with Crippen LogP contribution in [-0.4, -0.2) is 40.0 Å². The first-order valence-electron chi connectivity index (χ1n) is 23.9. The van der Waals surface area contributed by atoms with Crippen LogP contribution in [0.25, 0.3) is 44.5 Å². The summed E-state index contributed by atoms with van der Waals surface area (Å²) < 4.78 is 2.84. The maximum atomic E-state index is 6.93. The fraction of sp³-hybridized carbons (Fsp3) is 0.400. The van der Waals surface area contributed by atoms with Crippen molar-refractivity contribution in [2.75, 3.05) is 0 Å². The van der Waals surface area contributed by atoms with Crippen LogP contribution in [0, 0.1) is 0 Å². The van der Waals surface area contributed by atoms with E-state index in [9.17, 15) is 0 Å². The molecule has 0 saturated carbocycles. The molecule has 0 aliphatic heterocycles. The molecule has 4 heteroatoms. The van der Waals surface area contributed by atoms with Crippen LogP contribution in [0.1, 0.15) is 203 Å². The molecule has 0 saturated heterocycles. The van der Waals surface area contributed by atoms with E-state index in [1.54, 1.807) is 0 Å². The van der Waals surface area contributed by atoms with E-state index in [0.29, 0.717) is 47.3 Å². The van der Waals surface area contributed by atoms with Crippen LogP contribution >= 0.6 is 17.8 Å². The van der Waals surface area contributed by atoms with Gasteiger partial charge in [0.05, 0.1) is 0 Å². The molecule has 64 heavy (non-hydrogen) atoms. The minimum absolute atomic E-state index is 0.468. The minimum atomic E-state index is -1.27. The van der Waals surface area contributed by atoms with E-state index in [1.165, 1.54) is 96.2 Å². The Labute approximate surface area is 417 Å². The van der Waals surface area contributed by atoms with Crippen LogP contribution in [0.3, 0.4) is 0 Å². The molecule has 6 aromatic rings. The fourth-order valence-electron chi connectivity index (χ4n) is 9.59. The summed E-state index contributed by atoms with van der Waals surface area (Å²) in [7, 11) is 13.9. The quantitative estimate of drug-likeness (QED) is 0.0954. The molecule has 336 valence electrons. The average Bonchev–Trinajstić information content (AvgIpc) is 3.27. The molecule has 0 bridgehead atoms. The zero-order valence-corrected chi connectivity index (χ0v) is 49.0. The standard InChI is InChI=1S/2C30H37.2ClH.2Sn/c2*1-19(2)25-14-10-15-26(20(3)4)29(25)23-12-9-13-24(18-23)30-27(21(5)6)16-11-17-28(30)22(7)8;;;;/h2*9-17,19-22H,1-8H3;2*1H;;/q;;;;2*+1/p-2. The summed E-state index contributed by atoms with van der Waals surface area (Å²) in [4.78, 5) is 0. The van der Waals surface area contributed by atoms with Crippen molar-refractivity contribution in [2.24, 2.45) is 0 Å². The van der Waals surface area contributed by atoms with Crippen LogP contribution in [0.15, 0.2) is 109 Å². The van der Waals surface area contributed by atoms with Crippen molar-refractivity contribution in [3.63, 3.8) is 0 Å². The first-order chi connectivity index (χ1) is 30.4. The molecule has 0 nitrogen and oxygen atoms in total. The van der Waals surface area contributed by atoms with Gasteiger partial charge in [0.25, 0.3) is 0 Å². The van der Waals surface area contributed by atoms with E-state index in [4.69, 9.17) is 17.8 Å². The van der Waals surface area contributed by atoms with E-state index < -0.39 is 40.0 Å². The van der Waals surface area contributed by atoms with Crippen molar-refractivity contribution in [1.29, 1.82) is 0 Å². The van der Waals surface area contributed by atoms with Crippen molar-refractivity contribution in [2.45, 2.75) is 158 Å². The van der Waals surface area contributed by atoms with E-state index in [2.05, 4.69) is 220 Å². The van der Waals surface area contributed by atoms with Crippen LogP contribution in [-0.2, 0) is 0 Å². The summed E-state index contributed by atoms with van der Waals surface area (Å²) in [5, 5.41) is 0. The van der Waals surface area contributed by atoms with Crippen molar-refractivity contribution in [3.05, 3.63) is 154 Å². The molecule has 6 rings (SSSR count). The van der Waals surface area contributed by atoms with Gasteiger partial charge < -0.3 is 0 Å². The predicted octanol–water partition coefficient (Wildman–Crippen LogP) is 18.0. The number of benzene rings is 6. The molecule has 0 aliphatic carbocycles. The number of hydrogen-bond donors (Lipinski definition) is 0. The molecule has 0 aromatic heterocycles. The van der Waals surface area contributed by atoms with Gasteiger partial charge in [-0.1, -0.05) is 0 Å². The molecule has 6 aromatic carbocycles. The molecule has 0 spiro atoms. The number of hydrogen-bond acceptors (Lipinski definition) is 0. The van der Waals surface area contributed by atoms with Crippen LogP contribution in [0.4, 0.5) is 0 Å². The van der Waals surface area contributed by atoms with Gasteiger partial charge in [0, 0.05) is 0 Å². The second-order valence-electron chi connectivity index (χ2n) is 20.1. The van der Waals surface area contributed by atoms with Gasteiger partial charge in [0.2, 0.25) is 0 Å². The third kappa shape index (κ3) is 11.4. The second-order valence-corrected chi connectivity index (χ2v) is 26.6. The van der Waals surface area contributed by atoms with Crippen LogP contribution in [0.2, 0.25) is 0 Å². The normalized spacial score (nSPS) is 11.9. The summed E-state index contributed by atoms with van der Waals surface area (Å²) in [6.07, 6.45) is 0. The summed E-state index contributed by atoms with van der Waals surface area (Å²) in [6.45, 7) is 36.9. The van der Waals surface area contributed by atoms with Crippen molar-refractivity contribution < 1.29 is 0 Å². The van der Waals surface area contributed by atoms with Gasteiger partial charge in [0.15, 0.2) is 0 Å². The molecule has 0 unspecified atom stereocenters. The molecule has 0 atom stereocenters. The predicted molar refractivity (Wildman–Crippen MR) is 290 cm³/mol. The first-order valence-corrected chi connectivity index (χ1v) is 34.0.